The summed E-state index contributed by atoms with van der Waals surface area (Å²) in [6.45, 7) is 1.64. The Bertz CT molecular complexity index is 1240. The molecule has 3 heterocycles. The first-order valence-electron chi connectivity index (χ1n) is 11.5. The van der Waals surface area contributed by atoms with Crippen LogP contribution in [0.4, 0.5) is 11.6 Å². The van der Waals surface area contributed by atoms with Gasteiger partial charge in [0, 0.05) is 31.4 Å². The molecule has 174 valence electrons. The molecule has 2 aromatic heterocycles. The van der Waals surface area contributed by atoms with Gasteiger partial charge in [-0.15, -0.1) is 0 Å². The van der Waals surface area contributed by atoms with E-state index >= 15 is 0 Å². The zero-order valence-electron chi connectivity index (χ0n) is 18.9. The van der Waals surface area contributed by atoms with Gasteiger partial charge in [0.05, 0.1) is 12.8 Å². The lowest BCUT2D eigenvalue weighted by Crippen LogP contribution is -2.45. The Morgan fingerprint density at radius 2 is 2.00 bits per heavy atom. The molecule has 0 unspecified atom stereocenters. The quantitative estimate of drug-likeness (QED) is 0.511. The number of pyridine rings is 1. The highest BCUT2D eigenvalue weighted by Crippen LogP contribution is 2.50. The van der Waals surface area contributed by atoms with Crippen LogP contribution in [0.3, 0.4) is 0 Å². The molecule has 34 heavy (non-hydrogen) atoms. The van der Waals surface area contributed by atoms with Crippen LogP contribution in [0.15, 0.2) is 48.8 Å². The normalized spacial score (nSPS) is 18.3. The summed E-state index contributed by atoms with van der Waals surface area (Å²) in [6.07, 6.45) is 6.21. The van der Waals surface area contributed by atoms with Crippen molar-refractivity contribution in [1.82, 2.24) is 15.0 Å². The third-order valence-electron chi connectivity index (χ3n) is 6.90. The Morgan fingerprint density at radius 3 is 2.76 bits per heavy atom. The van der Waals surface area contributed by atoms with E-state index in [9.17, 15) is 5.11 Å². The molecule has 0 saturated carbocycles. The summed E-state index contributed by atoms with van der Waals surface area (Å²) in [4.78, 5) is 15.2. The number of nitrogens with zero attached hydrogens (tertiary/aromatic N) is 4. The first-order valence-corrected chi connectivity index (χ1v) is 11.5. The smallest absolute Gasteiger partial charge is 0.152 e. The molecule has 5 rings (SSSR count). The minimum atomic E-state index is -0.197. The molecule has 0 bridgehead atoms. The SMILES string of the molecule is Nc1cc(OCC#Cc2cnc(N3CCC4(CC3)Cc3ccccc3[C@H]4N)c(CO)n2)ccn1. The van der Waals surface area contributed by atoms with Crippen LogP contribution in [0.5, 0.6) is 5.75 Å². The fraction of sp³-hybridized carbons (Fsp3) is 0.346. The number of ether oxygens (including phenoxy) is 1. The molecule has 1 aromatic carbocycles. The van der Waals surface area contributed by atoms with Crippen molar-refractivity contribution in [3.63, 3.8) is 0 Å². The minimum absolute atomic E-state index is 0.0673. The summed E-state index contributed by atoms with van der Waals surface area (Å²) < 4.78 is 5.55. The highest BCUT2D eigenvalue weighted by Gasteiger charge is 2.46. The number of nitrogen functional groups attached to an aromatic ring is 1. The van der Waals surface area contributed by atoms with Gasteiger partial charge in [0.25, 0.3) is 0 Å². The molecule has 1 aliphatic carbocycles. The van der Waals surface area contributed by atoms with Crippen molar-refractivity contribution in [1.29, 1.82) is 0 Å². The van der Waals surface area contributed by atoms with Gasteiger partial charge >= 0.3 is 0 Å². The van der Waals surface area contributed by atoms with Crippen molar-refractivity contribution in [3.05, 3.63) is 71.3 Å². The van der Waals surface area contributed by atoms with Gasteiger partial charge in [-0.25, -0.2) is 15.0 Å². The number of anilines is 2. The maximum Gasteiger partial charge on any atom is 0.152 e. The van der Waals surface area contributed by atoms with Crippen LogP contribution in [-0.4, -0.2) is 39.8 Å². The van der Waals surface area contributed by atoms with E-state index in [1.807, 2.05) is 0 Å². The Morgan fingerprint density at radius 1 is 1.18 bits per heavy atom. The van der Waals surface area contributed by atoms with Gasteiger partial charge in [-0.2, -0.15) is 0 Å². The van der Waals surface area contributed by atoms with E-state index in [0.717, 1.165) is 38.2 Å². The zero-order valence-corrected chi connectivity index (χ0v) is 18.9. The summed E-state index contributed by atoms with van der Waals surface area (Å²) in [5, 5.41) is 9.95. The number of aromatic nitrogens is 3. The number of aliphatic hydroxyl groups is 1. The first-order chi connectivity index (χ1) is 16.6. The highest BCUT2D eigenvalue weighted by atomic mass is 16.5. The number of aliphatic hydroxyl groups excluding tert-OH is 1. The van der Waals surface area contributed by atoms with E-state index in [0.29, 0.717) is 23.0 Å². The molecule has 1 fully saturated rings. The maximum atomic E-state index is 9.95. The van der Waals surface area contributed by atoms with Crippen molar-refractivity contribution in [3.8, 4) is 17.6 Å². The average molecular weight is 457 g/mol. The third kappa shape index (κ3) is 4.28. The van der Waals surface area contributed by atoms with Crippen LogP contribution in [0.1, 0.15) is 41.4 Å². The second-order valence-electron chi connectivity index (χ2n) is 8.89. The van der Waals surface area contributed by atoms with Crippen LogP contribution in [0.25, 0.3) is 0 Å². The summed E-state index contributed by atoms with van der Waals surface area (Å²) in [7, 11) is 0. The number of rotatable bonds is 4. The van der Waals surface area contributed by atoms with Gasteiger partial charge in [-0.1, -0.05) is 30.2 Å². The van der Waals surface area contributed by atoms with E-state index in [1.165, 1.54) is 11.1 Å². The topological polar surface area (TPSA) is 123 Å². The molecular weight excluding hydrogens is 428 g/mol. The summed E-state index contributed by atoms with van der Waals surface area (Å²) >= 11 is 0. The largest absolute Gasteiger partial charge is 0.481 e. The Balaban J connectivity index is 1.23. The van der Waals surface area contributed by atoms with Crippen LogP contribution < -0.4 is 21.1 Å². The molecule has 0 amide bonds. The fourth-order valence-electron chi connectivity index (χ4n) is 5.08. The standard InChI is InChI=1S/C26H28N6O2/c27-23-14-20(7-10-29-23)34-13-3-5-19-16-30-25(22(17-33)31-19)32-11-8-26(9-12-32)15-18-4-1-2-6-21(18)24(26)28/h1-2,4,6-7,10,14,16,24,33H,8-9,11-13,15,17,28H2,(H2,27,29)/t24-/m1/s1. The van der Waals surface area contributed by atoms with Gasteiger partial charge < -0.3 is 26.2 Å². The molecule has 0 radical (unpaired) electrons. The van der Waals surface area contributed by atoms with Gasteiger partial charge in [0.2, 0.25) is 0 Å². The Hall–Kier alpha value is -3.67. The zero-order chi connectivity index (χ0) is 23.5. The van der Waals surface area contributed by atoms with E-state index in [-0.39, 0.29) is 24.7 Å². The van der Waals surface area contributed by atoms with Crippen molar-refractivity contribution >= 4 is 11.6 Å². The molecule has 3 aromatic rings. The van der Waals surface area contributed by atoms with Crippen molar-refractivity contribution in [2.24, 2.45) is 11.1 Å². The minimum Gasteiger partial charge on any atom is -0.481 e. The number of nitrogens with two attached hydrogens (primary N) is 2. The van der Waals surface area contributed by atoms with E-state index < -0.39 is 0 Å². The van der Waals surface area contributed by atoms with Gasteiger partial charge in [0.15, 0.2) is 5.82 Å². The summed E-state index contributed by atoms with van der Waals surface area (Å²) in [5.41, 5.74) is 16.1. The predicted octanol–water partition coefficient (Wildman–Crippen LogP) is 2.22. The van der Waals surface area contributed by atoms with Crippen molar-refractivity contribution in [2.45, 2.75) is 31.9 Å². The Labute approximate surface area is 199 Å². The van der Waals surface area contributed by atoms with Crippen LogP contribution in [-0.2, 0) is 13.0 Å². The number of hydrogen-bond donors (Lipinski definition) is 3. The molecule has 1 spiro atoms. The second-order valence-corrected chi connectivity index (χ2v) is 8.89. The number of hydrogen-bond acceptors (Lipinski definition) is 8. The second kappa shape index (κ2) is 9.29. The highest BCUT2D eigenvalue weighted by molar-refractivity contribution is 5.47. The van der Waals surface area contributed by atoms with Gasteiger partial charge in [-0.05, 0) is 47.8 Å². The van der Waals surface area contributed by atoms with Gasteiger partial charge in [-0.3, -0.25) is 0 Å². The number of benzene rings is 1. The lowest BCUT2D eigenvalue weighted by molar-refractivity contribution is 0.186. The van der Waals surface area contributed by atoms with Crippen molar-refractivity contribution < 1.29 is 9.84 Å². The average Bonchev–Trinajstić information content (AvgIpc) is 3.13. The van der Waals surface area contributed by atoms with Crippen molar-refractivity contribution in [2.75, 3.05) is 30.3 Å². The summed E-state index contributed by atoms with van der Waals surface area (Å²) in [6, 6.07) is 11.9. The predicted molar refractivity (Wildman–Crippen MR) is 130 cm³/mol. The lowest BCUT2D eigenvalue weighted by Gasteiger charge is -2.42. The van der Waals surface area contributed by atoms with E-state index in [2.05, 4.69) is 56.0 Å². The van der Waals surface area contributed by atoms with E-state index in [1.54, 1.807) is 24.5 Å². The van der Waals surface area contributed by atoms with Crippen LogP contribution >= 0.6 is 0 Å². The number of piperidine rings is 1. The molecule has 1 atom stereocenters. The molecule has 5 N–H and O–H groups in total. The molecule has 1 saturated heterocycles. The lowest BCUT2D eigenvalue weighted by atomic mass is 9.73. The summed E-state index contributed by atoms with van der Waals surface area (Å²) in [5.74, 6) is 7.58. The Kier molecular flexibility index (Phi) is 6.05. The maximum absolute atomic E-state index is 9.95. The molecule has 8 heteroatoms. The molecule has 1 aliphatic heterocycles. The number of fused-ring (bicyclic) bond motifs is 1. The molecule has 2 aliphatic rings. The monoisotopic (exact) mass is 456 g/mol. The third-order valence-corrected chi connectivity index (χ3v) is 6.90. The van der Waals surface area contributed by atoms with Gasteiger partial charge in [0.1, 0.15) is 29.6 Å². The van der Waals surface area contributed by atoms with Crippen LogP contribution in [0.2, 0.25) is 0 Å². The molecule has 8 nitrogen and oxygen atoms in total. The van der Waals surface area contributed by atoms with E-state index in [4.69, 9.17) is 16.2 Å². The first kappa shape index (κ1) is 22.1. The molecular formula is C26H28N6O2. The fourth-order valence-corrected chi connectivity index (χ4v) is 5.08. The van der Waals surface area contributed by atoms with Crippen LogP contribution in [0, 0.1) is 17.3 Å².